The van der Waals surface area contributed by atoms with Crippen LogP contribution in [0.25, 0.3) is 0 Å². The molecule has 0 spiro atoms. The highest BCUT2D eigenvalue weighted by Gasteiger charge is 2.42. The fourth-order valence-corrected chi connectivity index (χ4v) is 4.07. The van der Waals surface area contributed by atoms with Gasteiger partial charge in [-0.25, -0.2) is 0 Å². The van der Waals surface area contributed by atoms with Gasteiger partial charge < -0.3 is 5.11 Å². The Kier molecular flexibility index (Phi) is 3.32. The normalized spacial score (nSPS) is 44.1. The van der Waals surface area contributed by atoms with E-state index in [1.165, 1.54) is 19.3 Å². The average molecular weight is 222 g/mol. The lowest BCUT2D eigenvalue weighted by Gasteiger charge is -2.46. The van der Waals surface area contributed by atoms with Crippen LogP contribution in [0.4, 0.5) is 0 Å². The molecular weight excluding hydrogens is 196 g/mol. The molecule has 1 heteroatoms. The van der Waals surface area contributed by atoms with E-state index in [2.05, 4.69) is 33.8 Å². The molecule has 0 aromatic rings. The van der Waals surface area contributed by atoms with Crippen LogP contribution >= 0.6 is 0 Å². The lowest BCUT2D eigenvalue weighted by molar-refractivity contribution is 0.0536. The average Bonchev–Trinajstić information content (AvgIpc) is 2.15. The van der Waals surface area contributed by atoms with Gasteiger partial charge in [0.15, 0.2) is 0 Å². The van der Waals surface area contributed by atoms with Crippen molar-refractivity contribution in [3.05, 3.63) is 11.8 Å². The maximum Gasteiger partial charge on any atom is 0.0921 e. The van der Waals surface area contributed by atoms with E-state index in [0.717, 1.165) is 17.8 Å². The van der Waals surface area contributed by atoms with Gasteiger partial charge in [-0.05, 0) is 48.5 Å². The standard InChI is InChI=1S/C15H26O/c1-9(2)15-13-7-10(3)5-6-12(13)11(4)8-14(15)16/h8-13,15-16H,5-7H2,1-4H3/t10-,11-,12-,13+,15-/m0/s1. The highest BCUT2D eigenvalue weighted by atomic mass is 16.3. The molecule has 1 N–H and O–H groups in total. The maximum atomic E-state index is 10.2. The third kappa shape index (κ3) is 2.01. The number of fused-ring (bicyclic) bond motifs is 1. The van der Waals surface area contributed by atoms with Crippen LogP contribution in [0.3, 0.4) is 0 Å². The number of aliphatic hydroxyl groups excluding tert-OH is 1. The minimum Gasteiger partial charge on any atom is -0.512 e. The molecule has 2 aliphatic rings. The summed E-state index contributed by atoms with van der Waals surface area (Å²) < 4.78 is 0. The van der Waals surface area contributed by atoms with Gasteiger partial charge in [-0.2, -0.15) is 0 Å². The summed E-state index contributed by atoms with van der Waals surface area (Å²) in [5.74, 6) is 4.64. The van der Waals surface area contributed by atoms with Crippen molar-refractivity contribution in [3.8, 4) is 0 Å². The van der Waals surface area contributed by atoms with E-state index in [0.29, 0.717) is 23.5 Å². The van der Waals surface area contributed by atoms with E-state index in [1.54, 1.807) is 0 Å². The maximum absolute atomic E-state index is 10.2. The van der Waals surface area contributed by atoms with Crippen molar-refractivity contribution in [2.45, 2.75) is 47.0 Å². The summed E-state index contributed by atoms with van der Waals surface area (Å²) >= 11 is 0. The van der Waals surface area contributed by atoms with Gasteiger partial charge in [0, 0.05) is 5.92 Å². The molecule has 0 aliphatic heterocycles. The fourth-order valence-electron chi connectivity index (χ4n) is 4.07. The third-order valence-electron chi connectivity index (χ3n) is 4.85. The summed E-state index contributed by atoms with van der Waals surface area (Å²) in [4.78, 5) is 0. The van der Waals surface area contributed by atoms with Crippen molar-refractivity contribution in [1.29, 1.82) is 0 Å². The minimum atomic E-state index is 0.420. The Morgan fingerprint density at radius 3 is 2.50 bits per heavy atom. The molecule has 0 bridgehead atoms. The van der Waals surface area contributed by atoms with Crippen molar-refractivity contribution >= 4 is 0 Å². The third-order valence-corrected chi connectivity index (χ3v) is 4.85. The number of allylic oxidation sites excluding steroid dienone is 2. The summed E-state index contributed by atoms with van der Waals surface area (Å²) in [6.45, 7) is 9.15. The molecule has 1 saturated carbocycles. The molecule has 0 amide bonds. The smallest absolute Gasteiger partial charge is 0.0921 e. The molecule has 0 unspecified atom stereocenters. The molecule has 0 saturated heterocycles. The first-order chi connectivity index (χ1) is 7.50. The van der Waals surface area contributed by atoms with Crippen molar-refractivity contribution < 1.29 is 5.11 Å². The molecule has 1 fully saturated rings. The predicted octanol–water partition coefficient (Wildman–Crippen LogP) is 4.40. The van der Waals surface area contributed by atoms with Gasteiger partial charge >= 0.3 is 0 Å². The first-order valence-electron chi connectivity index (χ1n) is 6.91. The van der Waals surface area contributed by atoms with Crippen LogP contribution in [0.15, 0.2) is 11.8 Å². The Hall–Kier alpha value is -0.460. The second-order valence-electron chi connectivity index (χ2n) is 6.47. The van der Waals surface area contributed by atoms with E-state index in [-0.39, 0.29) is 0 Å². The second kappa shape index (κ2) is 4.43. The summed E-state index contributed by atoms with van der Waals surface area (Å²) in [6, 6.07) is 0. The van der Waals surface area contributed by atoms with Crippen LogP contribution in [-0.4, -0.2) is 5.11 Å². The Labute approximate surface area is 99.9 Å². The Balaban J connectivity index is 2.26. The molecule has 16 heavy (non-hydrogen) atoms. The van der Waals surface area contributed by atoms with Gasteiger partial charge in [0.1, 0.15) is 0 Å². The Morgan fingerprint density at radius 2 is 1.88 bits per heavy atom. The van der Waals surface area contributed by atoms with E-state index < -0.39 is 0 Å². The van der Waals surface area contributed by atoms with Crippen LogP contribution in [0, 0.1) is 35.5 Å². The number of hydrogen-bond acceptors (Lipinski definition) is 1. The first kappa shape index (κ1) is 12.0. The van der Waals surface area contributed by atoms with Gasteiger partial charge in [0.05, 0.1) is 5.76 Å². The van der Waals surface area contributed by atoms with Crippen LogP contribution in [0.5, 0.6) is 0 Å². The Bertz CT molecular complexity index is 279. The van der Waals surface area contributed by atoms with E-state index in [1.807, 2.05) is 0 Å². The monoisotopic (exact) mass is 222 g/mol. The summed E-state index contributed by atoms with van der Waals surface area (Å²) in [6.07, 6.45) is 6.18. The van der Waals surface area contributed by atoms with Crippen LogP contribution in [0.1, 0.15) is 47.0 Å². The van der Waals surface area contributed by atoms with E-state index >= 15 is 0 Å². The zero-order chi connectivity index (χ0) is 11.9. The lowest BCUT2D eigenvalue weighted by Crippen LogP contribution is -2.39. The number of aliphatic hydroxyl groups is 1. The summed E-state index contributed by atoms with van der Waals surface area (Å²) in [7, 11) is 0. The molecule has 0 heterocycles. The highest BCUT2D eigenvalue weighted by molar-refractivity contribution is 5.11. The van der Waals surface area contributed by atoms with Crippen LogP contribution in [-0.2, 0) is 0 Å². The molecule has 2 aliphatic carbocycles. The molecular formula is C15H26O. The summed E-state index contributed by atoms with van der Waals surface area (Å²) in [5, 5.41) is 10.2. The van der Waals surface area contributed by atoms with Crippen LogP contribution < -0.4 is 0 Å². The molecule has 0 aromatic heterocycles. The van der Waals surface area contributed by atoms with Gasteiger partial charge in [0.2, 0.25) is 0 Å². The van der Waals surface area contributed by atoms with E-state index in [9.17, 15) is 5.11 Å². The van der Waals surface area contributed by atoms with Crippen molar-refractivity contribution in [3.63, 3.8) is 0 Å². The number of hydrogen-bond donors (Lipinski definition) is 1. The highest BCUT2D eigenvalue weighted by Crippen LogP contribution is 2.49. The molecule has 0 radical (unpaired) electrons. The Morgan fingerprint density at radius 1 is 1.19 bits per heavy atom. The van der Waals surface area contributed by atoms with Gasteiger partial charge in [0.25, 0.3) is 0 Å². The molecule has 1 nitrogen and oxygen atoms in total. The van der Waals surface area contributed by atoms with Gasteiger partial charge in [-0.3, -0.25) is 0 Å². The molecule has 92 valence electrons. The largest absolute Gasteiger partial charge is 0.512 e. The molecule has 0 aromatic carbocycles. The van der Waals surface area contributed by atoms with Crippen LogP contribution in [0.2, 0.25) is 0 Å². The SMILES string of the molecule is CC(C)[C@@H]1C(O)=C[C@H](C)[C@@H]2CC[C@H](C)C[C@H]21. The second-order valence-corrected chi connectivity index (χ2v) is 6.47. The number of rotatable bonds is 1. The lowest BCUT2D eigenvalue weighted by atomic mass is 9.59. The quantitative estimate of drug-likeness (QED) is 0.697. The summed E-state index contributed by atoms with van der Waals surface area (Å²) in [5.41, 5.74) is 0. The van der Waals surface area contributed by atoms with Gasteiger partial charge in [-0.15, -0.1) is 0 Å². The van der Waals surface area contributed by atoms with Crippen molar-refractivity contribution in [2.75, 3.05) is 0 Å². The van der Waals surface area contributed by atoms with Gasteiger partial charge in [-0.1, -0.05) is 34.1 Å². The fraction of sp³-hybridized carbons (Fsp3) is 0.867. The molecule has 5 atom stereocenters. The molecule has 2 rings (SSSR count). The predicted molar refractivity (Wildman–Crippen MR) is 68.2 cm³/mol. The first-order valence-corrected chi connectivity index (χ1v) is 6.91. The topological polar surface area (TPSA) is 20.2 Å². The minimum absolute atomic E-state index is 0.420. The zero-order valence-corrected chi connectivity index (χ0v) is 11.1. The zero-order valence-electron chi connectivity index (χ0n) is 11.1. The van der Waals surface area contributed by atoms with E-state index in [4.69, 9.17) is 0 Å². The van der Waals surface area contributed by atoms with Crippen molar-refractivity contribution in [2.24, 2.45) is 35.5 Å². The van der Waals surface area contributed by atoms with Crippen molar-refractivity contribution in [1.82, 2.24) is 0 Å².